The lowest BCUT2D eigenvalue weighted by Crippen LogP contribution is -2.38. The minimum atomic E-state index is -0.0181. The molecule has 1 aliphatic rings. The zero-order valence-electron chi connectivity index (χ0n) is 15.6. The normalized spacial score (nSPS) is 17.2. The molecule has 1 aromatic heterocycles. The molecule has 0 radical (unpaired) electrons. The summed E-state index contributed by atoms with van der Waals surface area (Å²) >= 11 is 1.66. The zero-order chi connectivity index (χ0) is 19.1. The van der Waals surface area contributed by atoms with Crippen molar-refractivity contribution in [3.63, 3.8) is 0 Å². The smallest absolute Gasteiger partial charge is 0.246 e. The highest BCUT2D eigenvalue weighted by Crippen LogP contribution is 2.29. The molecular formula is C21H25N3O2S. The molecular weight excluding hydrogens is 358 g/mol. The van der Waals surface area contributed by atoms with E-state index in [0.29, 0.717) is 12.5 Å². The first-order valence-electron chi connectivity index (χ1n) is 9.32. The van der Waals surface area contributed by atoms with Crippen LogP contribution in [0.25, 0.3) is 6.08 Å². The van der Waals surface area contributed by atoms with Crippen molar-refractivity contribution in [2.45, 2.75) is 32.1 Å². The summed E-state index contributed by atoms with van der Waals surface area (Å²) in [5.41, 5.74) is 2.04. The Kier molecular flexibility index (Phi) is 6.76. The number of carbonyl (C=O) groups is 2. The van der Waals surface area contributed by atoms with Crippen LogP contribution in [0.2, 0.25) is 0 Å². The van der Waals surface area contributed by atoms with Crippen molar-refractivity contribution in [1.82, 2.24) is 15.2 Å². The number of carbonyl (C=O) groups excluding carboxylic acids is 2. The van der Waals surface area contributed by atoms with Gasteiger partial charge in [-0.25, -0.2) is 4.98 Å². The molecule has 3 rings (SSSR count). The molecule has 1 saturated heterocycles. The molecule has 27 heavy (non-hydrogen) atoms. The average Bonchev–Trinajstić information content (AvgIpc) is 3.16. The molecule has 1 aliphatic heterocycles. The lowest BCUT2D eigenvalue weighted by atomic mass is 9.98. The van der Waals surface area contributed by atoms with Crippen molar-refractivity contribution in [3.05, 3.63) is 58.1 Å². The Bertz CT molecular complexity index is 801. The van der Waals surface area contributed by atoms with Gasteiger partial charge in [0.1, 0.15) is 0 Å². The third-order valence-corrected chi connectivity index (χ3v) is 5.68. The van der Waals surface area contributed by atoms with Gasteiger partial charge in [-0.05, 0) is 24.5 Å². The van der Waals surface area contributed by atoms with Gasteiger partial charge < -0.3 is 10.2 Å². The molecule has 2 amide bonds. The Morgan fingerprint density at radius 3 is 2.93 bits per heavy atom. The minimum Gasteiger partial charge on any atom is -0.356 e. The van der Waals surface area contributed by atoms with Crippen molar-refractivity contribution in [2.75, 3.05) is 19.6 Å². The summed E-state index contributed by atoms with van der Waals surface area (Å²) < 4.78 is 0. The predicted molar refractivity (Wildman–Crippen MR) is 109 cm³/mol. The second-order valence-electron chi connectivity index (χ2n) is 6.78. The van der Waals surface area contributed by atoms with Crippen LogP contribution in [0.4, 0.5) is 0 Å². The summed E-state index contributed by atoms with van der Waals surface area (Å²) in [5, 5.41) is 5.96. The van der Waals surface area contributed by atoms with Gasteiger partial charge in [-0.1, -0.05) is 30.3 Å². The number of amides is 2. The van der Waals surface area contributed by atoms with Crippen molar-refractivity contribution >= 4 is 29.2 Å². The minimum absolute atomic E-state index is 0.0181. The molecule has 1 atom stereocenters. The molecule has 1 unspecified atom stereocenters. The van der Waals surface area contributed by atoms with Crippen LogP contribution in [-0.2, 0) is 16.0 Å². The number of thiazole rings is 1. The van der Waals surface area contributed by atoms with Crippen molar-refractivity contribution in [2.24, 2.45) is 0 Å². The van der Waals surface area contributed by atoms with Gasteiger partial charge in [0.25, 0.3) is 0 Å². The number of nitrogens with one attached hydrogen (secondary N) is 1. The first kappa shape index (κ1) is 19.3. The van der Waals surface area contributed by atoms with E-state index < -0.39 is 0 Å². The van der Waals surface area contributed by atoms with Gasteiger partial charge in [0.15, 0.2) is 0 Å². The van der Waals surface area contributed by atoms with E-state index in [1.807, 2.05) is 41.3 Å². The van der Waals surface area contributed by atoms with Gasteiger partial charge in [0.05, 0.1) is 10.7 Å². The first-order valence-corrected chi connectivity index (χ1v) is 10.2. The number of likely N-dealkylation sites (tertiary alicyclic amines) is 1. The standard InChI is InChI=1S/C21H25N3O2S/c1-16(25)22-12-11-19-15-27-21(23-19)18-8-5-13-24(14-18)20(26)10-9-17-6-3-2-4-7-17/h2-4,6-7,9-10,15,18H,5,8,11-14H2,1H3,(H,22,25). The van der Waals surface area contributed by atoms with E-state index in [-0.39, 0.29) is 11.8 Å². The van der Waals surface area contributed by atoms with Gasteiger partial charge in [-0.15, -0.1) is 11.3 Å². The van der Waals surface area contributed by atoms with Crippen LogP contribution < -0.4 is 5.32 Å². The Morgan fingerprint density at radius 1 is 1.33 bits per heavy atom. The Balaban J connectivity index is 1.56. The van der Waals surface area contributed by atoms with Gasteiger partial charge in [0.2, 0.25) is 11.8 Å². The van der Waals surface area contributed by atoms with E-state index in [9.17, 15) is 9.59 Å². The molecule has 0 spiro atoms. The van der Waals surface area contributed by atoms with Gasteiger partial charge >= 0.3 is 0 Å². The molecule has 0 saturated carbocycles. The fourth-order valence-corrected chi connectivity index (χ4v) is 4.19. The highest BCUT2D eigenvalue weighted by atomic mass is 32.1. The third-order valence-electron chi connectivity index (χ3n) is 4.62. The molecule has 1 fully saturated rings. The maximum atomic E-state index is 12.5. The Morgan fingerprint density at radius 2 is 2.15 bits per heavy atom. The van der Waals surface area contributed by atoms with Crippen LogP contribution in [0, 0.1) is 0 Å². The number of benzene rings is 1. The van der Waals surface area contributed by atoms with E-state index in [1.54, 1.807) is 17.4 Å². The number of rotatable bonds is 6. The fourth-order valence-electron chi connectivity index (χ4n) is 3.21. The van der Waals surface area contributed by atoms with E-state index in [4.69, 9.17) is 4.98 Å². The molecule has 5 nitrogen and oxygen atoms in total. The van der Waals surface area contributed by atoms with E-state index in [2.05, 4.69) is 10.7 Å². The van der Waals surface area contributed by atoms with Gasteiger partial charge in [-0.3, -0.25) is 9.59 Å². The summed E-state index contributed by atoms with van der Waals surface area (Å²) in [6.07, 6.45) is 6.33. The number of piperidine rings is 1. The monoisotopic (exact) mass is 383 g/mol. The van der Waals surface area contributed by atoms with Crippen LogP contribution in [0.15, 0.2) is 41.8 Å². The zero-order valence-corrected chi connectivity index (χ0v) is 16.4. The Labute approximate surface area is 164 Å². The van der Waals surface area contributed by atoms with E-state index >= 15 is 0 Å². The largest absolute Gasteiger partial charge is 0.356 e. The quantitative estimate of drug-likeness (QED) is 0.779. The average molecular weight is 384 g/mol. The third kappa shape index (κ3) is 5.76. The fraction of sp³-hybridized carbons (Fsp3) is 0.381. The van der Waals surface area contributed by atoms with E-state index in [0.717, 1.165) is 48.6 Å². The summed E-state index contributed by atoms with van der Waals surface area (Å²) in [4.78, 5) is 30.2. The number of hydrogen-bond acceptors (Lipinski definition) is 4. The van der Waals surface area contributed by atoms with Crippen LogP contribution in [0.3, 0.4) is 0 Å². The second-order valence-corrected chi connectivity index (χ2v) is 7.67. The van der Waals surface area contributed by atoms with E-state index in [1.165, 1.54) is 6.92 Å². The highest BCUT2D eigenvalue weighted by Gasteiger charge is 2.25. The number of nitrogens with zero attached hydrogens (tertiary/aromatic N) is 2. The lowest BCUT2D eigenvalue weighted by Gasteiger charge is -2.31. The molecule has 1 aromatic carbocycles. The molecule has 6 heteroatoms. The lowest BCUT2D eigenvalue weighted by molar-refractivity contribution is -0.127. The molecule has 2 heterocycles. The van der Waals surface area contributed by atoms with Crippen LogP contribution >= 0.6 is 11.3 Å². The van der Waals surface area contributed by atoms with Crippen LogP contribution in [-0.4, -0.2) is 41.3 Å². The van der Waals surface area contributed by atoms with Crippen LogP contribution in [0.5, 0.6) is 0 Å². The maximum absolute atomic E-state index is 12.5. The summed E-state index contributed by atoms with van der Waals surface area (Å²) in [6.45, 7) is 3.65. The number of hydrogen-bond donors (Lipinski definition) is 1. The number of aromatic nitrogens is 1. The van der Waals surface area contributed by atoms with Crippen molar-refractivity contribution in [3.8, 4) is 0 Å². The summed E-state index contributed by atoms with van der Waals surface area (Å²) in [5.74, 6) is 0.341. The SMILES string of the molecule is CC(=O)NCCc1csc(C2CCCN(C(=O)C=Cc3ccccc3)C2)n1. The highest BCUT2D eigenvalue weighted by molar-refractivity contribution is 7.09. The van der Waals surface area contributed by atoms with Gasteiger partial charge in [0, 0.05) is 50.4 Å². The predicted octanol–water partition coefficient (Wildman–Crippen LogP) is 3.24. The summed E-state index contributed by atoms with van der Waals surface area (Å²) in [6, 6.07) is 9.87. The molecule has 0 aliphatic carbocycles. The first-order chi connectivity index (χ1) is 13.1. The van der Waals surface area contributed by atoms with Crippen LogP contribution in [0.1, 0.15) is 41.9 Å². The maximum Gasteiger partial charge on any atom is 0.246 e. The molecule has 0 bridgehead atoms. The molecule has 142 valence electrons. The topological polar surface area (TPSA) is 62.3 Å². The van der Waals surface area contributed by atoms with Crippen molar-refractivity contribution < 1.29 is 9.59 Å². The summed E-state index contributed by atoms with van der Waals surface area (Å²) in [7, 11) is 0. The second kappa shape index (κ2) is 9.46. The molecule has 1 N–H and O–H groups in total. The van der Waals surface area contributed by atoms with Gasteiger partial charge in [-0.2, -0.15) is 0 Å². The Hall–Kier alpha value is -2.47. The van der Waals surface area contributed by atoms with Crippen molar-refractivity contribution in [1.29, 1.82) is 0 Å². The molecule has 2 aromatic rings.